The van der Waals surface area contributed by atoms with E-state index in [2.05, 4.69) is 10.1 Å². The molecule has 4 rings (SSSR count). The standard InChI is InChI=1S/C22H19N3O/c26-22(19-12-6-2-7-13-19,20-14-8-3-9-15-20)21-23-17-24-25(21)16-18-10-4-1-5-11-18/h1-15,17,26H,16H2. The van der Waals surface area contributed by atoms with Gasteiger partial charge in [0.15, 0.2) is 11.4 Å². The second-order valence-corrected chi connectivity index (χ2v) is 6.17. The molecule has 4 aromatic rings. The van der Waals surface area contributed by atoms with E-state index < -0.39 is 5.60 Å². The molecule has 0 saturated heterocycles. The Morgan fingerprint density at radius 1 is 0.731 bits per heavy atom. The van der Waals surface area contributed by atoms with Crippen molar-refractivity contribution in [2.24, 2.45) is 0 Å². The fourth-order valence-corrected chi connectivity index (χ4v) is 3.20. The molecule has 0 unspecified atom stereocenters. The summed E-state index contributed by atoms with van der Waals surface area (Å²) in [6.07, 6.45) is 1.50. The van der Waals surface area contributed by atoms with Crippen molar-refractivity contribution >= 4 is 0 Å². The van der Waals surface area contributed by atoms with Crippen molar-refractivity contribution in [1.82, 2.24) is 14.8 Å². The van der Waals surface area contributed by atoms with Crippen molar-refractivity contribution in [1.29, 1.82) is 0 Å². The fraction of sp³-hybridized carbons (Fsp3) is 0.0909. The van der Waals surface area contributed by atoms with Gasteiger partial charge in [-0.05, 0) is 16.7 Å². The molecular weight excluding hydrogens is 322 g/mol. The van der Waals surface area contributed by atoms with Gasteiger partial charge in [-0.25, -0.2) is 9.67 Å². The Morgan fingerprint density at radius 3 is 1.77 bits per heavy atom. The van der Waals surface area contributed by atoms with Gasteiger partial charge in [-0.2, -0.15) is 5.10 Å². The van der Waals surface area contributed by atoms with Gasteiger partial charge in [0.2, 0.25) is 0 Å². The van der Waals surface area contributed by atoms with Crippen molar-refractivity contribution in [2.75, 3.05) is 0 Å². The highest BCUT2D eigenvalue weighted by molar-refractivity contribution is 5.42. The molecule has 1 aromatic heterocycles. The van der Waals surface area contributed by atoms with E-state index in [-0.39, 0.29) is 0 Å². The number of aromatic nitrogens is 3. The Bertz CT molecular complexity index is 926. The summed E-state index contributed by atoms with van der Waals surface area (Å²) in [5, 5.41) is 16.2. The third-order valence-corrected chi connectivity index (χ3v) is 4.50. The number of nitrogens with zero attached hydrogens (tertiary/aromatic N) is 3. The van der Waals surface area contributed by atoms with Crippen molar-refractivity contribution in [3.05, 3.63) is 120 Å². The summed E-state index contributed by atoms with van der Waals surface area (Å²) in [5.74, 6) is 0.499. The summed E-state index contributed by atoms with van der Waals surface area (Å²) in [4.78, 5) is 4.44. The van der Waals surface area contributed by atoms with Crippen LogP contribution in [0.4, 0.5) is 0 Å². The molecule has 0 radical (unpaired) electrons. The van der Waals surface area contributed by atoms with Crippen LogP contribution in [0.5, 0.6) is 0 Å². The first-order valence-corrected chi connectivity index (χ1v) is 8.54. The van der Waals surface area contributed by atoms with Crippen LogP contribution in [0.3, 0.4) is 0 Å². The van der Waals surface area contributed by atoms with Crippen LogP contribution in [0.25, 0.3) is 0 Å². The smallest absolute Gasteiger partial charge is 0.174 e. The van der Waals surface area contributed by atoms with E-state index >= 15 is 0 Å². The minimum atomic E-state index is -1.38. The Hall–Kier alpha value is -3.24. The zero-order chi connectivity index (χ0) is 17.8. The third-order valence-electron chi connectivity index (χ3n) is 4.50. The molecule has 0 fully saturated rings. The molecule has 4 nitrogen and oxygen atoms in total. The average molecular weight is 341 g/mol. The second kappa shape index (κ2) is 6.94. The van der Waals surface area contributed by atoms with Crippen LogP contribution < -0.4 is 0 Å². The molecule has 1 heterocycles. The quantitative estimate of drug-likeness (QED) is 0.603. The van der Waals surface area contributed by atoms with Crippen LogP contribution in [-0.4, -0.2) is 19.9 Å². The van der Waals surface area contributed by atoms with Crippen molar-refractivity contribution in [3.8, 4) is 0 Å². The molecule has 0 atom stereocenters. The molecule has 26 heavy (non-hydrogen) atoms. The molecule has 1 N–H and O–H groups in total. The normalized spacial score (nSPS) is 11.4. The lowest BCUT2D eigenvalue weighted by atomic mass is 9.85. The molecule has 0 spiro atoms. The maximum atomic E-state index is 11.8. The highest BCUT2D eigenvalue weighted by Gasteiger charge is 2.38. The van der Waals surface area contributed by atoms with Gasteiger partial charge in [0.25, 0.3) is 0 Å². The van der Waals surface area contributed by atoms with Crippen molar-refractivity contribution in [2.45, 2.75) is 12.1 Å². The van der Waals surface area contributed by atoms with Gasteiger partial charge < -0.3 is 5.11 Å². The molecular formula is C22H19N3O. The zero-order valence-corrected chi connectivity index (χ0v) is 14.2. The zero-order valence-electron chi connectivity index (χ0n) is 14.2. The molecule has 0 saturated carbocycles. The second-order valence-electron chi connectivity index (χ2n) is 6.17. The SMILES string of the molecule is OC(c1ccccc1)(c1ccccc1)c1ncnn1Cc1ccccc1. The predicted molar refractivity (Wildman–Crippen MR) is 101 cm³/mol. The van der Waals surface area contributed by atoms with Gasteiger partial charge in [0.1, 0.15) is 6.33 Å². The predicted octanol–water partition coefficient (Wildman–Crippen LogP) is 3.61. The Morgan fingerprint density at radius 2 is 1.23 bits per heavy atom. The first-order chi connectivity index (χ1) is 12.8. The Kier molecular flexibility index (Phi) is 4.33. The number of rotatable bonds is 5. The van der Waals surface area contributed by atoms with Gasteiger partial charge >= 0.3 is 0 Å². The number of hydrogen-bond acceptors (Lipinski definition) is 3. The van der Waals surface area contributed by atoms with E-state index in [1.807, 2.05) is 91.0 Å². The van der Waals surface area contributed by atoms with Crippen LogP contribution in [0.1, 0.15) is 22.5 Å². The lowest BCUT2D eigenvalue weighted by molar-refractivity contribution is 0.110. The highest BCUT2D eigenvalue weighted by Crippen LogP contribution is 2.35. The van der Waals surface area contributed by atoms with Crippen LogP contribution in [0.2, 0.25) is 0 Å². The van der Waals surface area contributed by atoms with Gasteiger partial charge in [0.05, 0.1) is 6.54 Å². The number of benzene rings is 3. The molecule has 4 heteroatoms. The van der Waals surface area contributed by atoms with Crippen LogP contribution >= 0.6 is 0 Å². The summed E-state index contributed by atoms with van der Waals surface area (Å²) >= 11 is 0. The minimum absolute atomic E-state index is 0.499. The van der Waals surface area contributed by atoms with E-state index in [9.17, 15) is 5.11 Å². The van der Waals surface area contributed by atoms with E-state index in [0.29, 0.717) is 12.4 Å². The number of hydrogen-bond donors (Lipinski definition) is 1. The minimum Gasteiger partial charge on any atom is -0.373 e. The highest BCUT2D eigenvalue weighted by atomic mass is 16.3. The fourth-order valence-electron chi connectivity index (χ4n) is 3.20. The Labute approximate surface area is 152 Å². The van der Waals surface area contributed by atoms with E-state index in [1.54, 1.807) is 4.68 Å². The molecule has 0 bridgehead atoms. The van der Waals surface area contributed by atoms with Crippen LogP contribution in [0.15, 0.2) is 97.3 Å². The van der Waals surface area contributed by atoms with Crippen molar-refractivity contribution in [3.63, 3.8) is 0 Å². The molecule has 0 aliphatic carbocycles. The summed E-state index contributed by atoms with van der Waals surface area (Å²) in [7, 11) is 0. The van der Waals surface area contributed by atoms with Gasteiger partial charge in [-0.1, -0.05) is 91.0 Å². The number of aliphatic hydroxyl groups is 1. The average Bonchev–Trinajstić information content (AvgIpc) is 3.18. The van der Waals surface area contributed by atoms with Crippen molar-refractivity contribution < 1.29 is 5.11 Å². The Balaban J connectivity index is 1.85. The lowest BCUT2D eigenvalue weighted by Crippen LogP contribution is -2.33. The first kappa shape index (κ1) is 16.2. The van der Waals surface area contributed by atoms with E-state index in [0.717, 1.165) is 16.7 Å². The van der Waals surface area contributed by atoms with E-state index in [1.165, 1.54) is 6.33 Å². The maximum Gasteiger partial charge on any atom is 0.174 e. The molecule has 0 aliphatic heterocycles. The lowest BCUT2D eigenvalue weighted by Gasteiger charge is -2.29. The molecule has 3 aromatic carbocycles. The summed E-state index contributed by atoms with van der Waals surface area (Å²) < 4.78 is 1.76. The van der Waals surface area contributed by atoms with Crippen LogP contribution in [0, 0.1) is 0 Å². The molecule has 0 amide bonds. The van der Waals surface area contributed by atoms with Gasteiger partial charge in [0, 0.05) is 0 Å². The summed E-state index contributed by atoms with van der Waals surface area (Å²) in [5.41, 5.74) is 1.23. The van der Waals surface area contributed by atoms with Gasteiger partial charge in [-0.3, -0.25) is 0 Å². The topological polar surface area (TPSA) is 50.9 Å². The first-order valence-electron chi connectivity index (χ1n) is 8.54. The summed E-state index contributed by atoms with van der Waals surface area (Å²) in [6, 6.07) is 29.2. The molecule has 0 aliphatic rings. The monoisotopic (exact) mass is 341 g/mol. The third kappa shape index (κ3) is 2.91. The maximum absolute atomic E-state index is 11.8. The van der Waals surface area contributed by atoms with Crippen LogP contribution in [-0.2, 0) is 12.1 Å². The summed E-state index contributed by atoms with van der Waals surface area (Å²) in [6.45, 7) is 0.540. The molecule has 128 valence electrons. The van der Waals surface area contributed by atoms with E-state index in [4.69, 9.17) is 0 Å². The van der Waals surface area contributed by atoms with Gasteiger partial charge in [-0.15, -0.1) is 0 Å². The largest absolute Gasteiger partial charge is 0.373 e.